The van der Waals surface area contributed by atoms with E-state index in [0.29, 0.717) is 11.1 Å². The summed E-state index contributed by atoms with van der Waals surface area (Å²) in [5.41, 5.74) is 1.06. The van der Waals surface area contributed by atoms with Crippen LogP contribution in [0.25, 0.3) is 0 Å². The van der Waals surface area contributed by atoms with E-state index in [1.807, 2.05) is 0 Å². The van der Waals surface area contributed by atoms with Crippen molar-refractivity contribution < 1.29 is 22.4 Å². The summed E-state index contributed by atoms with van der Waals surface area (Å²) in [4.78, 5) is 11.2. The van der Waals surface area contributed by atoms with Crippen molar-refractivity contribution in [3.63, 3.8) is 0 Å². The first kappa shape index (κ1) is 15.4. The Labute approximate surface area is 108 Å². The van der Waals surface area contributed by atoms with E-state index >= 15 is 0 Å². The highest BCUT2D eigenvalue weighted by molar-refractivity contribution is 5.93. The standard InChI is InChI=1S/C12H14F4N2O/c1-17-10(19)9-4-2-8(3-5-9)6-18-7-12(15,16)11(13)14/h2-5,11,18H,6-7H2,1H3,(H,17,19). The molecule has 3 nitrogen and oxygen atoms in total. The summed E-state index contributed by atoms with van der Waals surface area (Å²) in [6.07, 6.45) is -3.68. The summed E-state index contributed by atoms with van der Waals surface area (Å²) in [6, 6.07) is 6.19. The first-order valence-corrected chi connectivity index (χ1v) is 5.54. The monoisotopic (exact) mass is 278 g/mol. The molecule has 0 spiro atoms. The first-order valence-electron chi connectivity index (χ1n) is 5.54. The molecule has 106 valence electrons. The number of carbonyl (C=O) groups is 1. The largest absolute Gasteiger partial charge is 0.355 e. The van der Waals surface area contributed by atoms with Crippen LogP contribution in [-0.4, -0.2) is 31.8 Å². The van der Waals surface area contributed by atoms with Crippen LogP contribution >= 0.6 is 0 Å². The molecule has 2 N–H and O–H groups in total. The van der Waals surface area contributed by atoms with E-state index in [2.05, 4.69) is 10.6 Å². The molecule has 1 aromatic rings. The van der Waals surface area contributed by atoms with Gasteiger partial charge in [-0.25, -0.2) is 8.78 Å². The lowest BCUT2D eigenvalue weighted by molar-refractivity contribution is -0.125. The Balaban J connectivity index is 2.49. The van der Waals surface area contributed by atoms with Crippen molar-refractivity contribution in [1.29, 1.82) is 0 Å². The summed E-state index contributed by atoms with van der Waals surface area (Å²) in [6.45, 7) is -1.07. The van der Waals surface area contributed by atoms with E-state index in [-0.39, 0.29) is 12.5 Å². The maximum absolute atomic E-state index is 12.6. The van der Waals surface area contributed by atoms with Crippen LogP contribution in [0.15, 0.2) is 24.3 Å². The van der Waals surface area contributed by atoms with Crippen molar-refractivity contribution in [3.8, 4) is 0 Å². The zero-order valence-electron chi connectivity index (χ0n) is 10.2. The average Bonchev–Trinajstić information content (AvgIpc) is 2.38. The van der Waals surface area contributed by atoms with E-state index in [4.69, 9.17) is 0 Å². The second kappa shape index (κ2) is 6.51. The third-order valence-electron chi connectivity index (χ3n) is 2.45. The normalized spacial score (nSPS) is 11.7. The van der Waals surface area contributed by atoms with Gasteiger partial charge in [0.2, 0.25) is 0 Å². The minimum atomic E-state index is -4.04. The Morgan fingerprint density at radius 1 is 1.26 bits per heavy atom. The number of hydrogen-bond donors (Lipinski definition) is 2. The predicted octanol–water partition coefficient (Wildman–Crippen LogP) is 2.04. The molecule has 0 aliphatic rings. The average molecular weight is 278 g/mol. The number of carbonyl (C=O) groups excluding carboxylic acids is 1. The lowest BCUT2D eigenvalue weighted by Gasteiger charge is -2.15. The molecule has 0 unspecified atom stereocenters. The predicted molar refractivity (Wildman–Crippen MR) is 62.5 cm³/mol. The zero-order valence-corrected chi connectivity index (χ0v) is 10.2. The van der Waals surface area contributed by atoms with Crippen molar-refractivity contribution in [2.24, 2.45) is 0 Å². The Bertz CT molecular complexity index is 420. The van der Waals surface area contributed by atoms with Gasteiger partial charge in [0.25, 0.3) is 5.91 Å². The fraction of sp³-hybridized carbons (Fsp3) is 0.417. The Kier molecular flexibility index (Phi) is 5.29. The van der Waals surface area contributed by atoms with Crippen molar-refractivity contribution in [2.45, 2.75) is 18.9 Å². The smallest absolute Gasteiger partial charge is 0.319 e. The van der Waals surface area contributed by atoms with E-state index < -0.39 is 18.9 Å². The fourth-order valence-corrected chi connectivity index (χ4v) is 1.37. The van der Waals surface area contributed by atoms with E-state index in [1.54, 1.807) is 12.1 Å². The van der Waals surface area contributed by atoms with Crippen molar-refractivity contribution in [2.75, 3.05) is 13.6 Å². The quantitative estimate of drug-likeness (QED) is 0.782. The summed E-state index contributed by atoms with van der Waals surface area (Å²) >= 11 is 0. The van der Waals surface area contributed by atoms with E-state index in [9.17, 15) is 22.4 Å². The van der Waals surface area contributed by atoms with E-state index in [0.717, 1.165) is 0 Å². The molecule has 0 atom stereocenters. The van der Waals surface area contributed by atoms with Crippen LogP contribution < -0.4 is 10.6 Å². The van der Waals surface area contributed by atoms with Gasteiger partial charge in [-0.15, -0.1) is 0 Å². The highest BCUT2D eigenvalue weighted by Crippen LogP contribution is 2.21. The number of hydrogen-bond acceptors (Lipinski definition) is 2. The molecule has 0 aliphatic heterocycles. The Hall–Kier alpha value is -1.63. The molecule has 1 amide bonds. The third kappa shape index (κ3) is 4.51. The van der Waals surface area contributed by atoms with Gasteiger partial charge in [0.1, 0.15) is 0 Å². The second-order valence-corrected chi connectivity index (χ2v) is 3.94. The maximum atomic E-state index is 12.6. The second-order valence-electron chi connectivity index (χ2n) is 3.94. The minimum Gasteiger partial charge on any atom is -0.355 e. The summed E-state index contributed by atoms with van der Waals surface area (Å²) in [5.74, 6) is -4.30. The highest BCUT2D eigenvalue weighted by atomic mass is 19.3. The zero-order chi connectivity index (χ0) is 14.5. The number of rotatable bonds is 6. The Morgan fingerprint density at radius 2 is 1.84 bits per heavy atom. The number of halogens is 4. The number of alkyl halides is 4. The lowest BCUT2D eigenvalue weighted by Crippen LogP contribution is -2.38. The molecule has 0 saturated carbocycles. The summed E-state index contributed by atoms with van der Waals surface area (Å²) < 4.78 is 49.0. The number of amides is 1. The number of benzene rings is 1. The molecule has 0 bridgehead atoms. The molecular formula is C12H14F4N2O. The SMILES string of the molecule is CNC(=O)c1ccc(CNCC(F)(F)C(F)F)cc1. The van der Waals surface area contributed by atoms with Crippen molar-refractivity contribution in [1.82, 2.24) is 10.6 Å². The minimum absolute atomic E-state index is 0.0241. The molecule has 7 heteroatoms. The van der Waals surface area contributed by atoms with Gasteiger partial charge in [-0.3, -0.25) is 4.79 Å². The van der Waals surface area contributed by atoms with Crippen LogP contribution in [0.4, 0.5) is 17.6 Å². The summed E-state index contributed by atoms with van der Waals surface area (Å²) in [7, 11) is 1.49. The molecular weight excluding hydrogens is 264 g/mol. The molecule has 0 heterocycles. The van der Waals surface area contributed by atoms with Crippen LogP contribution in [0.5, 0.6) is 0 Å². The first-order chi connectivity index (χ1) is 8.86. The van der Waals surface area contributed by atoms with E-state index in [1.165, 1.54) is 19.2 Å². The Morgan fingerprint density at radius 3 is 2.32 bits per heavy atom. The van der Waals surface area contributed by atoms with Gasteiger partial charge < -0.3 is 10.6 Å². The lowest BCUT2D eigenvalue weighted by atomic mass is 10.1. The van der Waals surface area contributed by atoms with Crippen molar-refractivity contribution in [3.05, 3.63) is 35.4 Å². The molecule has 0 fully saturated rings. The van der Waals surface area contributed by atoms with Crippen molar-refractivity contribution >= 4 is 5.91 Å². The van der Waals surface area contributed by atoms with Crippen LogP contribution in [0, 0.1) is 0 Å². The molecule has 0 aliphatic carbocycles. The van der Waals surface area contributed by atoms with Gasteiger partial charge in [0, 0.05) is 19.2 Å². The van der Waals surface area contributed by atoms with Gasteiger partial charge in [0.15, 0.2) is 0 Å². The van der Waals surface area contributed by atoms with Crippen LogP contribution in [-0.2, 0) is 6.54 Å². The molecule has 0 aromatic heterocycles. The molecule has 0 saturated heterocycles. The fourth-order valence-electron chi connectivity index (χ4n) is 1.37. The van der Waals surface area contributed by atoms with Crippen LogP contribution in [0.2, 0.25) is 0 Å². The third-order valence-corrected chi connectivity index (χ3v) is 2.45. The van der Waals surface area contributed by atoms with Gasteiger partial charge in [-0.05, 0) is 17.7 Å². The van der Waals surface area contributed by atoms with Gasteiger partial charge >= 0.3 is 12.3 Å². The van der Waals surface area contributed by atoms with Gasteiger partial charge in [0.05, 0.1) is 6.54 Å². The topological polar surface area (TPSA) is 41.1 Å². The van der Waals surface area contributed by atoms with Crippen LogP contribution in [0.1, 0.15) is 15.9 Å². The molecule has 19 heavy (non-hydrogen) atoms. The van der Waals surface area contributed by atoms with Gasteiger partial charge in [-0.1, -0.05) is 12.1 Å². The summed E-state index contributed by atoms with van der Waals surface area (Å²) in [5, 5.41) is 4.69. The molecule has 0 radical (unpaired) electrons. The van der Waals surface area contributed by atoms with Gasteiger partial charge in [-0.2, -0.15) is 8.78 Å². The maximum Gasteiger partial charge on any atom is 0.319 e. The molecule has 1 aromatic carbocycles. The molecule has 1 rings (SSSR count). The number of nitrogens with one attached hydrogen (secondary N) is 2. The van der Waals surface area contributed by atoms with Crippen LogP contribution in [0.3, 0.4) is 0 Å². The highest BCUT2D eigenvalue weighted by Gasteiger charge is 2.39.